The molecule has 0 unspecified atom stereocenters. The lowest BCUT2D eigenvalue weighted by Crippen LogP contribution is -3.28. The van der Waals surface area contributed by atoms with Gasteiger partial charge in [0, 0.05) is 10.6 Å². The van der Waals surface area contributed by atoms with Crippen LogP contribution >= 0.6 is 11.6 Å². The van der Waals surface area contributed by atoms with Crippen LogP contribution in [0.2, 0.25) is 5.02 Å². The predicted molar refractivity (Wildman–Crippen MR) is 107 cm³/mol. The van der Waals surface area contributed by atoms with Crippen LogP contribution in [0.25, 0.3) is 0 Å². The molecule has 6 nitrogen and oxygen atoms in total. The number of nitrogens with one attached hydrogen (secondary N) is 3. The second-order valence-corrected chi connectivity index (χ2v) is 9.06. The zero-order valence-corrected chi connectivity index (χ0v) is 17.2. The van der Waals surface area contributed by atoms with Crippen molar-refractivity contribution in [3.63, 3.8) is 0 Å². The van der Waals surface area contributed by atoms with Gasteiger partial charge in [0.1, 0.15) is 38.3 Å². The highest BCUT2D eigenvalue weighted by atomic mass is 35.5. The molecule has 28 heavy (non-hydrogen) atoms. The van der Waals surface area contributed by atoms with Crippen LogP contribution in [0.1, 0.15) is 44.1 Å². The first-order valence-corrected chi connectivity index (χ1v) is 11.0. The van der Waals surface area contributed by atoms with E-state index in [4.69, 9.17) is 11.6 Å². The maximum absolute atomic E-state index is 13.1. The summed E-state index contributed by atoms with van der Waals surface area (Å²) in [7, 11) is 0. The summed E-state index contributed by atoms with van der Waals surface area (Å²) >= 11 is 6.09. The van der Waals surface area contributed by atoms with E-state index in [0.29, 0.717) is 6.67 Å². The smallest absolute Gasteiger partial charge is 0.323 e. The van der Waals surface area contributed by atoms with Crippen molar-refractivity contribution >= 4 is 23.5 Å². The third-order valence-corrected chi connectivity index (χ3v) is 6.83. The molecule has 2 aliphatic heterocycles. The van der Waals surface area contributed by atoms with Crippen LogP contribution in [0.3, 0.4) is 0 Å². The van der Waals surface area contributed by atoms with Crippen LogP contribution in [-0.4, -0.2) is 55.2 Å². The van der Waals surface area contributed by atoms with E-state index in [1.807, 2.05) is 18.2 Å². The molecule has 2 heterocycles. The first-order chi connectivity index (χ1) is 13.6. The van der Waals surface area contributed by atoms with E-state index in [0.717, 1.165) is 76.3 Å². The van der Waals surface area contributed by atoms with Gasteiger partial charge in [-0.3, -0.25) is 4.79 Å². The second kappa shape index (κ2) is 8.39. The number of rotatable bonds is 4. The van der Waals surface area contributed by atoms with Crippen LogP contribution in [0.5, 0.6) is 0 Å². The van der Waals surface area contributed by atoms with Gasteiger partial charge in [-0.1, -0.05) is 49.4 Å². The maximum atomic E-state index is 13.1. The number of imide groups is 1. The lowest BCUT2D eigenvalue weighted by Gasteiger charge is -2.31. The number of amides is 3. The summed E-state index contributed by atoms with van der Waals surface area (Å²) in [4.78, 5) is 30.0. The average Bonchev–Trinajstić information content (AvgIpc) is 2.84. The predicted octanol–water partition coefficient (Wildman–Crippen LogP) is 0.226. The molecule has 7 heteroatoms. The Labute approximate surface area is 171 Å². The molecule has 1 aliphatic carbocycles. The quantitative estimate of drug-likeness (QED) is 0.627. The lowest BCUT2D eigenvalue weighted by atomic mass is 9.90. The summed E-state index contributed by atoms with van der Waals surface area (Å²) < 4.78 is 0. The minimum Gasteiger partial charge on any atom is -0.323 e. The Morgan fingerprint density at radius 3 is 2.36 bits per heavy atom. The van der Waals surface area contributed by atoms with E-state index in [-0.39, 0.29) is 11.9 Å². The Morgan fingerprint density at radius 1 is 1.00 bits per heavy atom. The number of nitrogens with zero attached hydrogens (tertiary/aromatic N) is 1. The van der Waals surface area contributed by atoms with Gasteiger partial charge in [-0.05, 0) is 25.0 Å². The average molecular weight is 407 g/mol. The number of benzene rings is 1. The molecule has 0 atom stereocenters. The standard InChI is InChI=1S/C21H29ClN4O2/c22-18-7-5-6-17(14-18)15-24-10-12-25(13-11-24)16-26-19(27)21(23-20(26)28)8-3-1-2-4-9-21/h5-7,14H,1-4,8-13,15-16H2,(H,23,28)/p+2. The lowest BCUT2D eigenvalue weighted by molar-refractivity contribution is -1.02. The van der Waals surface area contributed by atoms with Gasteiger partial charge in [0.2, 0.25) is 0 Å². The van der Waals surface area contributed by atoms with Crippen molar-refractivity contribution in [2.45, 2.75) is 50.6 Å². The number of quaternary nitrogens is 2. The van der Waals surface area contributed by atoms with Crippen molar-refractivity contribution in [3.05, 3.63) is 34.9 Å². The normalized spacial score (nSPS) is 27.7. The number of urea groups is 1. The van der Waals surface area contributed by atoms with Gasteiger partial charge in [0.15, 0.2) is 6.67 Å². The summed E-state index contributed by atoms with van der Waals surface area (Å²) in [5.74, 6) is 0.0144. The van der Waals surface area contributed by atoms with Gasteiger partial charge >= 0.3 is 6.03 Å². The fourth-order valence-corrected chi connectivity index (χ4v) is 5.15. The molecule has 2 saturated heterocycles. The first kappa shape index (κ1) is 19.7. The van der Waals surface area contributed by atoms with Crippen molar-refractivity contribution in [2.24, 2.45) is 0 Å². The number of carbonyl (C=O) groups is 2. The molecule has 3 aliphatic rings. The summed E-state index contributed by atoms with van der Waals surface area (Å²) in [6, 6.07) is 7.87. The molecular weight excluding hydrogens is 376 g/mol. The molecule has 0 radical (unpaired) electrons. The molecule has 1 saturated carbocycles. The number of hydrogen-bond donors (Lipinski definition) is 3. The first-order valence-electron chi connectivity index (χ1n) is 10.6. The monoisotopic (exact) mass is 406 g/mol. The van der Waals surface area contributed by atoms with Crippen LogP contribution < -0.4 is 15.1 Å². The van der Waals surface area contributed by atoms with Crippen LogP contribution in [0.15, 0.2) is 24.3 Å². The Kier molecular flexibility index (Phi) is 5.90. The van der Waals surface area contributed by atoms with E-state index in [1.165, 1.54) is 20.3 Å². The van der Waals surface area contributed by atoms with Gasteiger partial charge < -0.3 is 15.1 Å². The molecule has 1 aromatic carbocycles. The topological polar surface area (TPSA) is 58.3 Å². The third-order valence-electron chi connectivity index (χ3n) is 6.59. The van der Waals surface area contributed by atoms with E-state index in [1.54, 1.807) is 0 Å². The van der Waals surface area contributed by atoms with E-state index in [2.05, 4.69) is 11.4 Å². The minimum atomic E-state index is -0.618. The molecule has 1 aromatic rings. The molecule has 3 fully saturated rings. The Morgan fingerprint density at radius 2 is 1.68 bits per heavy atom. The fraction of sp³-hybridized carbons (Fsp3) is 0.619. The SMILES string of the molecule is O=C1NC2(CCCCCC2)C(=O)N1C[NH+]1CC[NH+](Cc2cccc(Cl)c2)CC1. The molecule has 3 amide bonds. The van der Waals surface area contributed by atoms with Crippen molar-refractivity contribution in [2.75, 3.05) is 32.8 Å². The Bertz CT molecular complexity index is 725. The van der Waals surface area contributed by atoms with Crippen molar-refractivity contribution in [1.29, 1.82) is 0 Å². The fourth-order valence-electron chi connectivity index (χ4n) is 4.94. The molecule has 0 bridgehead atoms. The Balaban J connectivity index is 1.31. The summed E-state index contributed by atoms with van der Waals surface area (Å²) in [6.07, 6.45) is 5.96. The molecule has 0 aromatic heterocycles. The number of halogens is 1. The van der Waals surface area contributed by atoms with E-state index in [9.17, 15) is 9.59 Å². The third kappa shape index (κ3) is 4.19. The highest BCUT2D eigenvalue weighted by Gasteiger charge is 2.51. The summed E-state index contributed by atoms with van der Waals surface area (Å²) in [5, 5.41) is 3.84. The molecular formula is C21H31ClN4O2+2. The zero-order chi connectivity index (χ0) is 19.6. The van der Waals surface area contributed by atoms with E-state index >= 15 is 0 Å². The number of hydrogen-bond acceptors (Lipinski definition) is 2. The van der Waals surface area contributed by atoms with Crippen molar-refractivity contribution < 1.29 is 19.4 Å². The molecule has 3 N–H and O–H groups in total. The summed E-state index contributed by atoms with van der Waals surface area (Å²) in [6.45, 7) is 5.49. The van der Waals surface area contributed by atoms with Gasteiger partial charge in [-0.25, -0.2) is 9.69 Å². The minimum absolute atomic E-state index is 0.0144. The number of piperazine rings is 1. The van der Waals surface area contributed by atoms with Gasteiger partial charge in [-0.15, -0.1) is 0 Å². The van der Waals surface area contributed by atoms with Crippen LogP contribution in [0.4, 0.5) is 4.79 Å². The molecule has 4 rings (SSSR count). The van der Waals surface area contributed by atoms with Gasteiger partial charge in [-0.2, -0.15) is 0 Å². The second-order valence-electron chi connectivity index (χ2n) is 8.62. The Hall–Kier alpha value is -1.63. The summed E-state index contributed by atoms with van der Waals surface area (Å²) in [5.41, 5.74) is 0.641. The highest BCUT2D eigenvalue weighted by Crippen LogP contribution is 2.32. The highest BCUT2D eigenvalue weighted by molar-refractivity contribution is 6.30. The van der Waals surface area contributed by atoms with Crippen molar-refractivity contribution in [3.8, 4) is 0 Å². The van der Waals surface area contributed by atoms with Crippen LogP contribution in [-0.2, 0) is 11.3 Å². The largest absolute Gasteiger partial charge is 0.329 e. The van der Waals surface area contributed by atoms with E-state index < -0.39 is 5.54 Å². The van der Waals surface area contributed by atoms with Crippen LogP contribution in [0, 0.1) is 0 Å². The van der Waals surface area contributed by atoms with Crippen molar-refractivity contribution in [1.82, 2.24) is 10.2 Å². The van der Waals surface area contributed by atoms with Gasteiger partial charge in [0.25, 0.3) is 5.91 Å². The van der Waals surface area contributed by atoms with Gasteiger partial charge in [0.05, 0.1) is 0 Å². The molecule has 1 spiro atoms. The maximum Gasteiger partial charge on any atom is 0.329 e. The number of carbonyl (C=O) groups excluding carboxylic acids is 2. The molecule has 152 valence electrons. The zero-order valence-electron chi connectivity index (χ0n) is 16.4.